The summed E-state index contributed by atoms with van der Waals surface area (Å²) in [6.07, 6.45) is 0. The van der Waals surface area contributed by atoms with Gasteiger partial charge in [0, 0.05) is 60.5 Å². The van der Waals surface area contributed by atoms with Crippen molar-refractivity contribution >= 4 is 87.6 Å². The van der Waals surface area contributed by atoms with Gasteiger partial charge in [0.15, 0.2) is 0 Å². The molecule has 0 aliphatic heterocycles. The summed E-state index contributed by atoms with van der Waals surface area (Å²) in [4.78, 5) is 0. The smallest absolute Gasteiger partial charge is 0.213 e. The Labute approximate surface area is 326 Å². The first-order chi connectivity index (χ1) is 28.3. The van der Waals surface area contributed by atoms with Gasteiger partial charge >= 0.3 is 0 Å². The Kier molecular flexibility index (Phi) is 6.10. The van der Waals surface area contributed by atoms with Gasteiger partial charge in [0.1, 0.15) is 11.2 Å². The number of rotatable bonds is 4. The molecule has 0 saturated carbocycles. The predicted molar refractivity (Wildman–Crippen MR) is 236 cm³/mol. The molecule has 0 unspecified atom stereocenters. The molecule has 8 aromatic carbocycles. The standard InChI is InChI=1S/C52H32N4O/c1-2-14-33(15-3-1)56-47-32-36(30-31-41(47)50-42-20-8-13-25-48(42)57-52(50)56)55-46-24-12-7-19-40(46)49-39-18-6-11-23-45(39)54(51(49)55)35-28-26-34(27-29-35)53-43-21-9-4-16-37(43)38-17-5-10-22-44(38)53/h1-32H. The molecule has 13 rings (SSSR count). The van der Waals surface area contributed by atoms with Crippen molar-refractivity contribution < 1.29 is 4.42 Å². The molecule has 266 valence electrons. The third-order valence-corrected chi connectivity index (χ3v) is 12.0. The van der Waals surface area contributed by atoms with E-state index in [-0.39, 0.29) is 0 Å². The van der Waals surface area contributed by atoms with Crippen molar-refractivity contribution in [2.75, 3.05) is 0 Å². The minimum absolute atomic E-state index is 0.856. The summed E-state index contributed by atoms with van der Waals surface area (Å²) in [5.41, 5.74) is 13.1. The Morgan fingerprint density at radius 1 is 0.281 bits per heavy atom. The number of para-hydroxylation sites is 6. The van der Waals surface area contributed by atoms with Crippen molar-refractivity contribution in [2.45, 2.75) is 0 Å². The van der Waals surface area contributed by atoms with E-state index in [0.717, 1.165) is 66.9 Å². The number of benzene rings is 8. The molecular weight excluding hydrogens is 697 g/mol. The SMILES string of the molecule is c1ccc(-n2c3cc(-n4c5ccccc5c5c6ccccc6n(-c6ccc(-n7c8ccccc8c8ccccc87)cc6)c54)ccc3c3c4ccccc4oc32)cc1. The fourth-order valence-electron chi connectivity index (χ4n) is 9.62. The molecule has 0 N–H and O–H groups in total. The lowest BCUT2D eigenvalue weighted by Crippen LogP contribution is -2.02. The molecule has 0 saturated heterocycles. The summed E-state index contributed by atoms with van der Waals surface area (Å²) in [6, 6.07) is 69.9. The number of hydrogen-bond donors (Lipinski definition) is 0. The summed E-state index contributed by atoms with van der Waals surface area (Å²) < 4.78 is 16.2. The largest absolute Gasteiger partial charge is 0.439 e. The van der Waals surface area contributed by atoms with Crippen LogP contribution in [0.2, 0.25) is 0 Å². The van der Waals surface area contributed by atoms with Crippen molar-refractivity contribution in [1.29, 1.82) is 0 Å². The van der Waals surface area contributed by atoms with E-state index in [4.69, 9.17) is 4.42 Å². The molecule has 0 fully saturated rings. The molecule has 0 amide bonds. The third kappa shape index (κ3) is 4.12. The average Bonchev–Trinajstić information content (AvgIpc) is 4.06. The summed E-state index contributed by atoms with van der Waals surface area (Å²) in [6.45, 7) is 0. The zero-order chi connectivity index (χ0) is 37.2. The maximum Gasteiger partial charge on any atom is 0.213 e. The number of fused-ring (bicyclic) bond motifs is 13. The van der Waals surface area contributed by atoms with Gasteiger partial charge in [-0.15, -0.1) is 0 Å². The van der Waals surface area contributed by atoms with Gasteiger partial charge in [0.25, 0.3) is 0 Å². The molecule has 0 radical (unpaired) electrons. The van der Waals surface area contributed by atoms with E-state index in [9.17, 15) is 0 Å². The van der Waals surface area contributed by atoms with Gasteiger partial charge in [-0.05, 0) is 84.9 Å². The van der Waals surface area contributed by atoms with E-state index in [2.05, 4.69) is 206 Å². The lowest BCUT2D eigenvalue weighted by Gasteiger charge is -2.15. The lowest BCUT2D eigenvalue weighted by molar-refractivity contribution is 0.645. The number of aromatic nitrogens is 4. The summed E-state index contributed by atoms with van der Waals surface area (Å²) >= 11 is 0. The zero-order valence-electron chi connectivity index (χ0n) is 30.7. The van der Waals surface area contributed by atoms with Crippen LogP contribution in [-0.2, 0) is 0 Å². The highest BCUT2D eigenvalue weighted by Crippen LogP contribution is 2.44. The fourth-order valence-corrected chi connectivity index (χ4v) is 9.62. The Balaban J connectivity index is 1.09. The molecule has 0 atom stereocenters. The predicted octanol–water partition coefficient (Wildman–Crippen LogP) is 13.7. The molecular formula is C52H32N4O. The summed E-state index contributed by atoms with van der Waals surface area (Å²) in [5.74, 6) is 0. The normalized spacial score (nSPS) is 12.2. The molecule has 0 aliphatic carbocycles. The van der Waals surface area contributed by atoms with Crippen LogP contribution >= 0.6 is 0 Å². The van der Waals surface area contributed by atoms with Crippen LogP contribution in [0.3, 0.4) is 0 Å². The minimum atomic E-state index is 0.856. The highest BCUT2D eigenvalue weighted by Gasteiger charge is 2.24. The second-order valence-electron chi connectivity index (χ2n) is 14.9. The van der Waals surface area contributed by atoms with Gasteiger partial charge in [-0.25, -0.2) is 0 Å². The van der Waals surface area contributed by atoms with Crippen LogP contribution in [0.5, 0.6) is 0 Å². The fraction of sp³-hybridized carbons (Fsp3) is 0. The lowest BCUT2D eigenvalue weighted by atomic mass is 10.1. The van der Waals surface area contributed by atoms with Gasteiger partial charge in [0.05, 0.1) is 33.0 Å². The van der Waals surface area contributed by atoms with Crippen LogP contribution < -0.4 is 0 Å². The molecule has 0 aliphatic rings. The Morgan fingerprint density at radius 2 is 0.719 bits per heavy atom. The monoisotopic (exact) mass is 728 g/mol. The van der Waals surface area contributed by atoms with Gasteiger partial charge < -0.3 is 8.98 Å². The molecule has 5 heterocycles. The van der Waals surface area contributed by atoms with Crippen molar-refractivity contribution in [2.24, 2.45) is 0 Å². The summed E-state index contributed by atoms with van der Waals surface area (Å²) in [5, 5.41) is 9.64. The second-order valence-corrected chi connectivity index (χ2v) is 14.9. The first-order valence-electron chi connectivity index (χ1n) is 19.4. The van der Waals surface area contributed by atoms with Gasteiger partial charge in [-0.3, -0.25) is 13.7 Å². The van der Waals surface area contributed by atoms with Crippen LogP contribution in [0.25, 0.3) is 110 Å². The van der Waals surface area contributed by atoms with E-state index in [1.54, 1.807) is 0 Å². The molecule has 13 aromatic rings. The summed E-state index contributed by atoms with van der Waals surface area (Å²) in [7, 11) is 0. The maximum absolute atomic E-state index is 6.64. The molecule has 0 bridgehead atoms. The maximum atomic E-state index is 6.64. The molecule has 5 heteroatoms. The first-order valence-corrected chi connectivity index (χ1v) is 19.4. The number of hydrogen-bond acceptors (Lipinski definition) is 1. The minimum Gasteiger partial charge on any atom is -0.439 e. The second kappa shape index (κ2) is 11.4. The Morgan fingerprint density at radius 3 is 1.35 bits per heavy atom. The van der Waals surface area contributed by atoms with Crippen molar-refractivity contribution in [3.05, 3.63) is 194 Å². The van der Waals surface area contributed by atoms with E-state index in [1.165, 1.54) is 43.5 Å². The number of furan rings is 1. The average molecular weight is 729 g/mol. The van der Waals surface area contributed by atoms with Crippen molar-refractivity contribution in [3.8, 4) is 22.7 Å². The molecule has 57 heavy (non-hydrogen) atoms. The Hall–Kier alpha value is -7.76. The molecule has 5 nitrogen and oxygen atoms in total. The van der Waals surface area contributed by atoms with Gasteiger partial charge in [0.2, 0.25) is 5.71 Å². The first kappa shape index (κ1) is 30.6. The van der Waals surface area contributed by atoms with Crippen molar-refractivity contribution in [1.82, 2.24) is 18.3 Å². The highest BCUT2D eigenvalue weighted by molar-refractivity contribution is 6.23. The third-order valence-electron chi connectivity index (χ3n) is 12.0. The Bertz CT molecular complexity index is 3690. The highest BCUT2D eigenvalue weighted by atomic mass is 16.3. The van der Waals surface area contributed by atoms with Crippen LogP contribution in [-0.4, -0.2) is 18.3 Å². The zero-order valence-corrected chi connectivity index (χ0v) is 30.7. The molecule has 5 aromatic heterocycles. The van der Waals surface area contributed by atoms with Gasteiger partial charge in [-0.2, -0.15) is 0 Å². The van der Waals surface area contributed by atoms with E-state index in [1.807, 2.05) is 6.07 Å². The number of nitrogens with zero attached hydrogens (tertiary/aromatic N) is 4. The van der Waals surface area contributed by atoms with E-state index < -0.39 is 0 Å². The van der Waals surface area contributed by atoms with Crippen LogP contribution in [0, 0.1) is 0 Å². The van der Waals surface area contributed by atoms with E-state index in [0.29, 0.717) is 0 Å². The van der Waals surface area contributed by atoms with E-state index >= 15 is 0 Å². The van der Waals surface area contributed by atoms with Crippen LogP contribution in [0.1, 0.15) is 0 Å². The quantitative estimate of drug-likeness (QED) is 0.178. The van der Waals surface area contributed by atoms with Crippen molar-refractivity contribution in [3.63, 3.8) is 0 Å². The van der Waals surface area contributed by atoms with Gasteiger partial charge in [-0.1, -0.05) is 109 Å². The molecule has 0 spiro atoms. The van der Waals surface area contributed by atoms with Crippen LogP contribution in [0.15, 0.2) is 199 Å². The topological polar surface area (TPSA) is 32.9 Å². The van der Waals surface area contributed by atoms with Crippen LogP contribution in [0.4, 0.5) is 0 Å².